The molecule has 2 rings (SSSR count). The molecule has 0 bridgehead atoms. The molecule has 1 aromatic rings. The Hall–Kier alpha value is -1.52. The van der Waals surface area contributed by atoms with Gasteiger partial charge in [0, 0.05) is 12.0 Å². The molecule has 0 radical (unpaired) electrons. The summed E-state index contributed by atoms with van der Waals surface area (Å²) in [6, 6.07) is 2.24. The van der Waals surface area contributed by atoms with E-state index in [0.29, 0.717) is 24.8 Å². The smallest absolute Gasteiger partial charge is 0.419 e. The number of methoxy groups -OCH3 is 1. The van der Waals surface area contributed by atoms with Gasteiger partial charge in [0.05, 0.1) is 12.7 Å². The summed E-state index contributed by atoms with van der Waals surface area (Å²) >= 11 is 0. The first kappa shape index (κ1) is 12.0. The molecule has 1 aliphatic carbocycles. The molecule has 0 amide bonds. The van der Waals surface area contributed by atoms with E-state index in [-0.39, 0.29) is 17.1 Å². The van der Waals surface area contributed by atoms with Crippen molar-refractivity contribution in [2.45, 2.75) is 25.4 Å². The van der Waals surface area contributed by atoms with Crippen LogP contribution < -0.4 is 4.74 Å². The summed E-state index contributed by atoms with van der Waals surface area (Å²) in [6.07, 6.45) is -2.88. The maximum absolute atomic E-state index is 12.7. The van der Waals surface area contributed by atoms with Crippen LogP contribution in [-0.2, 0) is 12.6 Å². The molecule has 0 saturated heterocycles. The van der Waals surface area contributed by atoms with Crippen LogP contribution in [0, 0.1) is 0 Å². The van der Waals surface area contributed by atoms with E-state index in [4.69, 9.17) is 4.74 Å². The maximum Gasteiger partial charge on any atom is 0.419 e. The molecule has 2 nitrogen and oxygen atoms in total. The van der Waals surface area contributed by atoms with Gasteiger partial charge in [0.25, 0.3) is 0 Å². The number of ether oxygens (including phenoxy) is 1. The lowest BCUT2D eigenvalue weighted by Crippen LogP contribution is -2.15. The van der Waals surface area contributed by atoms with Crippen molar-refractivity contribution in [1.29, 1.82) is 0 Å². The fourth-order valence-corrected chi connectivity index (χ4v) is 2.05. The minimum absolute atomic E-state index is 0.185. The number of halogens is 3. The topological polar surface area (TPSA) is 26.3 Å². The summed E-state index contributed by atoms with van der Waals surface area (Å²) < 4.78 is 43.0. The largest absolute Gasteiger partial charge is 0.496 e. The molecule has 0 fully saturated rings. The summed E-state index contributed by atoms with van der Waals surface area (Å²) in [6.45, 7) is 0. The molecule has 0 heterocycles. The Morgan fingerprint density at radius 2 is 1.94 bits per heavy atom. The standard InChI is InChI=1S/C12H11F3O2/c1-17-11-5-7-3-2-4-10(16)8(7)6-9(11)12(13,14)15/h5-6H,2-4H2,1H3. The molecule has 0 unspecified atom stereocenters. The highest BCUT2D eigenvalue weighted by Gasteiger charge is 2.36. The van der Waals surface area contributed by atoms with Gasteiger partial charge in [-0.1, -0.05) is 0 Å². The molecule has 0 N–H and O–H groups in total. The Morgan fingerprint density at radius 1 is 1.24 bits per heavy atom. The van der Waals surface area contributed by atoms with E-state index in [1.165, 1.54) is 13.2 Å². The second-order valence-corrected chi connectivity index (χ2v) is 3.98. The van der Waals surface area contributed by atoms with Crippen molar-refractivity contribution in [2.24, 2.45) is 0 Å². The fourth-order valence-electron chi connectivity index (χ4n) is 2.05. The number of carbonyl (C=O) groups is 1. The van der Waals surface area contributed by atoms with Crippen LogP contribution in [0.15, 0.2) is 12.1 Å². The summed E-state index contributed by atoms with van der Waals surface area (Å²) in [5.41, 5.74) is -0.0514. The van der Waals surface area contributed by atoms with Gasteiger partial charge in [-0.3, -0.25) is 4.79 Å². The summed E-state index contributed by atoms with van der Waals surface area (Å²) in [5, 5.41) is 0. The monoisotopic (exact) mass is 244 g/mol. The first-order chi connectivity index (χ1) is 7.93. The van der Waals surface area contributed by atoms with Crippen LogP contribution in [0.4, 0.5) is 13.2 Å². The number of aryl methyl sites for hydroxylation is 1. The first-order valence-electron chi connectivity index (χ1n) is 5.25. The molecular weight excluding hydrogens is 233 g/mol. The lowest BCUT2D eigenvalue weighted by molar-refractivity contribution is -0.138. The van der Waals surface area contributed by atoms with Crippen LogP contribution >= 0.6 is 0 Å². The highest BCUT2D eigenvalue weighted by Crippen LogP contribution is 2.39. The quantitative estimate of drug-likeness (QED) is 0.758. The molecule has 5 heteroatoms. The van der Waals surface area contributed by atoms with Crippen LogP contribution in [-0.4, -0.2) is 12.9 Å². The van der Waals surface area contributed by atoms with Crippen molar-refractivity contribution >= 4 is 5.78 Å². The predicted octanol–water partition coefficient (Wildman–Crippen LogP) is 3.23. The average Bonchev–Trinajstić information content (AvgIpc) is 2.26. The van der Waals surface area contributed by atoms with E-state index >= 15 is 0 Å². The molecule has 0 aromatic heterocycles. The summed E-state index contributed by atoms with van der Waals surface area (Å²) in [5.74, 6) is -0.439. The molecule has 1 aromatic carbocycles. The number of hydrogen-bond donors (Lipinski definition) is 0. The van der Waals surface area contributed by atoms with Crippen LogP contribution in [0.3, 0.4) is 0 Å². The highest BCUT2D eigenvalue weighted by molar-refractivity contribution is 5.98. The van der Waals surface area contributed by atoms with Crippen molar-refractivity contribution in [3.8, 4) is 5.75 Å². The van der Waals surface area contributed by atoms with E-state index in [1.54, 1.807) is 0 Å². The van der Waals surface area contributed by atoms with Crippen molar-refractivity contribution in [1.82, 2.24) is 0 Å². The average molecular weight is 244 g/mol. The molecular formula is C12H11F3O2. The van der Waals surface area contributed by atoms with E-state index in [9.17, 15) is 18.0 Å². The van der Waals surface area contributed by atoms with Crippen LogP contribution in [0.5, 0.6) is 5.75 Å². The molecule has 0 spiro atoms. The van der Waals surface area contributed by atoms with Gasteiger partial charge in [-0.2, -0.15) is 13.2 Å². The third kappa shape index (κ3) is 2.14. The van der Waals surface area contributed by atoms with Gasteiger partial charge in [-0.25, -0.2) is 0 Å². The van der Waals surface area contributed by atoms with Crippen molar-refractivity contribution < 1.29 is 22.7 Å². The molecule has 0 aliphatic heterocycles. The fraction of sp³-hybridized carbons (Fsp3) is 0.417. The first-order valence-corrected chi connectivity index (χ1v) is 5.25. The van der Waals surface area contributed by atoms with E-state index < -0.39 is 11.7 Å². The Morgan fingerprint density at radius 3 is 2.53 bits per heavy atom. The van der Waals surface area contributed by atoms with Gasteiger partial charge in [0.15, 0.2) is 5.78 Å². The number of ketones is 1. The normalized spacial score (nSPS) is 15.6. The molecule has 17 heavy (non-hydrogen) atoms. The van der Waals surface area contributed by atoms with Crippen LogP contribution in [0.25, 0.3) is 0 Å². The molecule has 0 saturated carbocycles. The number of rotatable bonds is 1. The van der Waals surface area contributed by atoms with Gasteiger partial charge in [0.2, 0.25) is 0 Å². The zero-order chi connectivity index (χ0) is 12.6. The minimum Gasteiger partial charge on any atom is -0.496 e. The second kappa shape index (κ2) is 4.05. The van der Waals surface area contributed by atoms with Crippen molar-refractivity contribution in [3.05, 3.63) is 28.8 Å². The zero-order valence-corrected chi connectivity index (χ0v) is 9.23. The van der Waals surface area contributed by atoms with Crippen molar-refractivity contribution in [2.75, 3.05) is 7.11 Å². The van der Waals surface area contributed by atoms with Gasteiger partial charge in [0.1, 0.15) is 5.75 Å². The Labute approximate surface area is 96.4 Å². The third-order valence-corrected chi connectivity index (χ3v) is 2.88. The summed E-state index contributed by atoms with van der Waals surface area (Å²) in [4.78, 5) is 11.6. The van der Waals surface area contributed by atoms with Gasteiger partial charge < -0.3 is 4.74 Å². The lowest BCUT2D eigenvalue weighted by atomic mass is 9.89. The van der Waals surface area contributed by atoms with Gasteiger partial charge in [-0.05, 0) is 30.5 Å². The molecule has 92 valence electrons. The van der Waals surface area contributed by atoms with Gasteiger partial charge in [-0.15, -0.1) is 0 Å². The summed E-state index contributed by atoms with van der Waals surface area (Å²) in [7, 11) is 1.20. The Bertz CT molecular complexity index is 464. The Kier molecular flexibility index (Phi) is 2.85. The predicted molar refractivity (Wildman–Crippen MR) is 55.3 cm³/mol. The molecule has 1 aliphatic rings. The van der Waals surface area contributed by atoms with E-state index in [1.807, 2.05) is 0 Å². The molecule has 0 atom stereocenters. The number of carbonyl (C=O) groups excluding carboxylic acids is 1. The Balaban J connectivity index is 2.60. The van der Waals surface area contributed by atoms with Crippen LogP contribution in [0.2, 0.25) is 0 Å². The van der Waals surface area contributed by atoms with E-state index in [0.717, 1.165) is 6.07 Å². The van der Waals surface area contributed by atoms with Crippen molar-refractivity contribution in [3.63, 3.8) is 0 Å². The minimum atomic E-state index is -4.50. The number of fused-ring (bicyclic) bond motifs is 1. The SMILES string of the molecule is COc1cc2c(cc1C(F)(F)F)C(=O)CCC2. The number of Topliss-reactive ketones (excluding diaryl/α,β-unsaturated/α-hetero) is 1. The number of benzene rings is 1. The zero-order valence-electron chi connectivity index (χ0n) is 9.23. The number of hydrogen-bond acceptors (Lipinski definition) is 2. The highest BCUT2D eigenvalue weighted by atomic mass is 19.4. The third-order valence-electron chi connectivity index (χ3n) is 2.88. The lowest BCUT2D eigenvalue weighted by Gasteiger charge is -2.19. The van der Waals surface area contributed by atoms with Gasteiger partial charge >= 0.3 is 6.18 Å². The maximum atomic E-state index is 12.7. The van der Waals surface area contributed by atoms with E-state index in [2.05, 4.69) is 0 Å². The second-order valence-electron chi connectivity index (χ2n) is 3.98. The number of alkyl halides is 3. The van der Waals surface area contributed by atoms with Crippen LogP contribution in [0.1, 0.15) is 34.3 Å².